The van der Waals surface area contributed by atoms with Crippen LogP contribution in [0.25, 0.3) is 0 Å². The summed E-state index contributed by atoms with van der Waals surface area (Å²) in [4.78, 5) is 0. The van der Waals surface area contributed by atoms with Crippen LogP contribution in [0.2, 0.25) is 0 Å². The van der Waals surface area contributed by atoms with Gasteiger partial charge in [0.25, 0.3) is 0 Å². The minimum atomic E-state index is -0.602. The number of aliphatic hydroxyl groups is 2. The molecule has 1 fully saturated rings. The number of hydrogen-bond donors (Lipinski definition) is 3. The number of rotatable bonds is 6. The minimum absolute atomic E-state index is 0.512. The lowest BCUT2D eigenvalue weighted by molar-refractivity contribution is 0.0138. The molecule has 0 unspecified atom stereocenters. The second-order valence-corrected chi connectivity index (χ2v) is 4.97. The third kappa shape index (κ3) is 3.74. The van der Waals surface area contributed by atoms with Gasteiger partial charge in [0.15, 0.2) is 0 Å². The van der Waals surface area contributed by atoms with Crippen molar-refractivity contribution in [1.82, 2.24) is 5.32 Å². The first-order valence-corrected chi connectivity index (χ1v) is 6.19. The summed E-state index contributed by atoms with van der Waals surface area (Å²) < 4.78 is 0. The molecule has 0 aliphatic heterocycles. The maximum Gasteiger partial charge on any atom is 0.0771 e. The maximum absolute atomic E-state index is 10.1. The van der Waals surface area contributed by atoms with Crippen LogP contribution in [0.3, 0.4) is 0 Å². The van der Waals surface area contributed by atoms with E-state index in [1.54, 1.807) is 0 Å². The minimum Gasteiger partial charge on any atom is -0.389 e. The molecule has 0 atom stereocenters. The zero-order valence-electron chi connectivity index (χ0n) is 10.1. The van der Waals surface area contributed by atoms with Crippen LogP contribution in [-0.4, -0.2) is 34.5 Å². The van der Waals surface area contributed by atoms with Gasteiger partial charge in [-0.1, -0.05) is 26.7 Å². The van der Waals surface area contributed by atoms with Gasteiger partial charge in [-0.05, 0) is 25.7 Å². The Kier molecular flexibility index (Phi) is 4.56. The van der Waals surface area contributed by atoms with E-state index in [1.165, 1.54) is 0 Å². The van der Waals surface area contributed by atoms with Crippen molar-refractivity contribution in [3.63, 3.8) is 0 Å². The fourth-order valence-corrected chi connectivity index (χ4v) is 2.24. The highest BCUT2D eigenvalue weighted by atomic mass is 16.3. The molecule has 3 N–H and O–H groups in total. The van der Waals surface area contributed by atoms with Gasteiger partial charge in [0.05, 0.1) is 11.2 Å². The topological polar surface area (TPSA) is 52.5 Å². The summed E-state index contributed by atoms with van der Waals surface area (Å²) in [6.07, 6.45) is 5.57. The van der Waals surface area contributed by atoms with Crippen LogP contribution in [0.4, 0.5) is 0 Å². The first-order chi connectivity index (χ1) is 7.04. The molecule has 1 aliphatic rings. The largest absolute Gasteiger partial charge is 0.389 e. The summed E-state index contributed by atoms with van der Waals surface area (Å²) in [5.41, 5.74) is -1.11. The Balaban J connectivity index is 2.25. The Hall–Kier alpha value is -0.120. The van der Waals surface area contributed by atoms with Crippen molar-refractivity contribution in [2.75, 3.05) is 13.1 Å². The monoisotopic (exact) mass is 215 g/mol. The lowest BCUT2D eigenvalue weighted by Gasteiger charge is -2.29. The Morgan fingerprint density at radius 1 is 1.20 bits per heavy atom. The van der Waals surface area contributed by atoms with Crippen molar-refractivity contribution in [2.24, 2.45) is 0 Å². The Labute approximate surface area is 92.9 Å². The van der Waals surface area contributed by atoms with E-state index in [0.29, 0.717) is 13.1 Å². The fraction of sp³-hybridized carbons (Fsp3) is 1.00. The maximum atomic E-state index is 10.1. The van der Waals surface area contributed by atoms with Crippen molar-refractivity contribution in [3.05, 3.63) is 0 Å². The average Bonchev–Trinajstić information content (AvgIpc) is 2.65. The van der Waals surface area contributed by atoms with E-state index in [2.05, 4.69) is 5.32 Å². The Morgan fingerprint density at radius 2 is 1.73 bits per heavy atom. The SMILES string of the molecule is CCC(O)(CC)CNCC1(O)CCCC1. The number of nitrogens with one attached hydrogen (secondary N) is 1. The summed E-state index contributed by atoms with van der Waals surface area (Å²) in [6, 6.07) is 0. The van der Waals surface area contributed by atoms with Gasteiger partial charge in [0.1, 0.15) is 0 Å². The summed E-state index contributed by atoms with van der Waals surface area (Å²) in [5, 5.41) is 23.3. The summed E-state index contributed by atoms with van der Waals surface area (Å²) >= 11 is 0. The summed E-state index contributed by atoms with van der Waals surface area (Å²) in [7, 11) is 0. The van der Waals surface area contributed by atoms with Gasteiger partial charge in [-0.25, -0.2) is 0 Å². The highest BCUT2D eigenvalue weighted by molar-refractivity contribution is 4.88. The van der Waals surface area contributed by atoms with E-state index in [-0.39, 0.29) is 0 Å². The summed E-state index contributed by atoms with van der Waals surface area (Å²) in [5.74, 6) is 0. The highest BCUT2D eigenvalue weighted by Gasteiger charge is 2.31. The molecule has 3 heteroatoms. The molecule has 0 amide bonds. The van der Waals surface area contributed by atoms with E-state index in [4.69, 9.17) is 0 Å². The van der Waals surface area contributed by atoms with E-state index >= 15 is 0 Å². The Bertz CT molecular complexity index is 180. The Morgan fingerprint density at radius 3 is 2.20 bits per heavy atom. The zero-order chi connectivity index (χ0) is 11.4. The first-order valence-electron chi connectivity index (χ1n) is 6.19. The van der Waals surface area contributed by atoms with Crippen LogP contribution >= 0.6 is 0 Å². The molecule has 0 aromatic rings. The molecule has 3 nitrogen and oxygen atoms in total. The molecule has 0 spiro atoms. The molecule has 1 rings (SSSR count). The average molecular weight is 215 g/mol. The van der Waals surface area contributed by atoms with Crippen molar-refractivity contribution < 1.29 is 10.2 Å². The summed E-state index contributed by atoms with van der Waals surface area (Å²) in [6.45, 7) is 5.20. The molecule has 0 saturated heterocycles. The van der Waals surface area contributed by atoms with Crippen LogP contribution in [-0.2, 0) is 0 Å². The zero-order valence-corrected chi connectivity index (χ0v) is 10.1. The molecule has 90 valence electrons. The van der Waals surface area contributed by atoms with Gasteiger partial charge in [-0.15, -0.1) is 0 Å². The van der Waals surface area contributed by atoms with Crippen LogP contribution < -0.4 is 5.32 Å². The van der Waals surface area contributed by atoms with E-state index in [0.717, 1.165) is 38.5 Å². The lowest BCUT2D eigenvalue weighted by Crippen LogP contribution is -2.45. The molecular formula is C12H25NO2. The third-order valence-corrected chi connectivity index (χ3v) is 3.76. The van der Waals surface area contributed by atoms with Crippen molar-refractivity contribution >= 4 is 0 Å². The fourth-order valence-electron chi connectivity index (χ4n) is 2.24. The van der Waals surface area contributed by atoms with Gasteiger partial charge in [0.2, 0.25) is 0 Å². The second kappa shape index (κ2) is 5.28. The molecule has 1 saturated carbocycles. The molecule has 0 radical (unpaired) electrons. The smallest absolute Gasteiger partial charge is 0.0771 e. The van der Waals surface area contributed by atoms with Gasteiger partial charge >= 0.3 is 0 Å². The van der Waals surface area contributed by atoms with Gasteiger partial charge in [0, 0.05) is 13.1 Å². The molecular weight excluding hydrogens is 190 g/mol. The predicted octanol–water partition coefficient (Wildman–Crippen LogP) is 1.43. The van der Waals surface area contributed by atoms with Gasteiger partial charge in [-0.3, -0.25) is 0 Å². The third-order valence-electron chi connectivity index (χ3n) is 3.76. The molecule has 15 heavy (non-hydrogen) atoms. The van der Waals surface area contributed by atoms with Crippen LogP contribution in [0.1, 0.15) is 52.4 Å². The van der Waals surface area contributed by atoms with Gasteiger partial charge in [-0.2, -0.15) is 0 Å². The van der Waals surface area contributed by atoms with E-state index in [1.807, 2.05) is 13.8 Å². The molecule has 1 aliphatic carbocycles. The molecule has 0 bridgehead atoms. The van der Waals surface area contributed by atoms with Crippen LogP contribution in [0, 0.1) is 0 Å². The first kappa shape index (κ1) is 12.9. The standard InChI is InChI=1S/C12H25NO2/c1-3-11(14,4-2)9-13-10-12(15)7-5-6-8-12/h13-15H,3-10H2,1-2H3. The van der Waals surface area contributed by atoms with Crippen molar-refractivity contribution in [2.45, 2.75) is 63.6 Å². The lowest BCUT2D eigenvalue weighted by atomic mass is 9.96. The highest BCUT2D eigenvalue weighted by Crippen LogP contribution is 2.28. The quantitative estimate of drug-likeness (QED) is 0.628. The number of hydrogen-bond acceptors (Lipinski definition) is 3. The van der Waals surface area contributed by atoms with Crippen molar-refractivity contribution in [3.8, 4) is 0 Å². The van der Waals surface area contributed by atoms with Crippen LogP contribution in [0.5, 0.6) is 0 Å². The normalized spacial score (nSPS) is 20.8. The van der Waals surface area contributed by atoms with Crippen molar-refractivity contribution in [1.29, 1.82) is 0 Å². The van der Waals surface area contributed by atoms with E-state index < -0.39 is 11.2 Å². The molecule has 0 aromatic carbocycles. The molecule has 0 heterocycles. The van der Waals surface area contributed by atoms with Gasteiger partial charge < -0.3 is 15.5 Å². The van der Waals surface area contributed by atoms with E-state index in [9.17, 15) is 10.2 Å². The second-order valence-electron chi connectivity index (χ2n) is 4.97. The predicted molar refractivity (Wildman–Crippen MR) is 61.8 cm³/mol. The molecule has 0 aromatic heterocycles. The van der Waals surface area contributed by atoms with Crippen LogP contribution in [0.15, 0.2) is 0 Å².